The zero-order chi connectivity index (χ0) is 15.4. The fourth-order valence-corrected chi connectivity index (χ4v) is 2.04. The van der Waals surface area contributed by atoms with Crippen LogP contribution in [0.1, 0.15) is 0 Å². The van der Waals surface area contributed by atoms with E-state index in [1.165, 1.54) is 0 Å². The highest BCUT2D eigenvalue weighted by atomic mass is 16.5. The SMILES string of the molecule is COc1cccc(N=Nc2c(-c3ccccc3)[nH][nH]c2=O)c1. The highest BCUT2D eigenvalue weighted by Gasteiger charge is 2.11. The average molecular weight is 294 g/mol. The van der Waals surface area contributed by atoms with Gasteiger partial charge < -0.3 is 4.74 Å². The lowest BCUT2D eigenvalue weighted by Crippen LogP contribution is -1.96. The second-order valence-electron chi connectivity index (χ2n) is 4.57. The minimum atomic E-state index is -0.314. The molecule has 6 nitrogen and oxygen atoms in total. The molecule has 0 amide bonds. The van der Waals surface area contributed by atoms with Gasteiger partial charge in [-0.3, -0.25) is 15.0 Å². The maximum absolute atomic E-state index is 11.9. The quantitative estimate of drug-likeness (QED) is 0.717. The number of hydrogen-bond donors (Lipinski definition) is 2. The predicted molar refractivity (Wildman–Crippen MR) is 84.0 cm³/mol. The summed E-state index contributed by atoms with van der Waals surface area (Å²) < 4.78 is 5.13. The van der Waals surface area contributed by atoms with E-state index < -0.39 is 0 Å². The lowest BCUT2D eigenvalue weighted by molar-refractivity contribution is 0.415. The minimum absolute atomic E-state index is 0.244. The third kappa shape index (κ3) is 2.80. The molecule has 1 heterocycles. The largest absolute Gasteiger partial charge is 0.497 e. The van der Waals surface area contributed by atoms with Crippen LogP contribution in [0.25, 0.3) is 11.3 Å². The summed E-state index contributed by atoms with van der Waals surface area (Å²) in [6.07, 6.45) is 0. The molecule has 0 aliphatic carbocycles. The molecule has 22 heavy (non-hydrogen) atoms. The summed E-state index contributed by atoms with van der Waals surface area (Å²) in [4.78, 5) is 11.9. The van der Waals surface area contributed by atoms with Crippen molar-refractivity contribution in [2.75, 3.05) is 7.11 Å². The number of rotatable bonds is 4. The van der Waals surface area contributed by atoms with E-state index in [2.05, 4.69) is 20.4 Å². The molecule has 1 aromatic heterocycles. The number of ether oxygens (including phenoxy) is 1. The maximum atomic E-state index is 11.9. The molecule has 0 saturated heterocycles. The Bertz CT molecular complexity index is 850. The maximum Gasteiger partial charge on any atom is 0.292 e. The molecule has 2 N–H and O–H groups in total. The molecule has 0 bridgehead atoms. The molecule has 0 unspecified atom stereocenters. The van der Waals surface area contributed by atoms with Crippen molar-refractivity contribution in [2.24, 2.45) is 10.2 Å². The van der Waals surface area contributed by atoms with Crippen molar-refractivity contribution >= 4 is 11.4 Å². The number of azo groups is 1. The van der Waals surface area contributed by atoms with Gasteiger partial charge in [0.15, 0.2) is 5.69 Å². The van der Waals surface area contributed by atoms with Gasteiger partial charge in [-0.05, 0) is 12.1 Å². The second kappa shape index (κ2) is 6.09. The molecule has 110 valence electrons. The monoisotopic (exact) mass is 294 g/mol. The molecule has 0 fully saturated rings. The molecule has 0 atom stereocenters. The first-order valence-corrected chi connectivity index (χ1v) is 6.70. The highest BCUT2D eigenvalue weighted by molar-refractivity contribution is 5.71. The number of hydrogen-bond acceptors (Lipinski definition) is 4. The van der Waals surface area contributed by atoms with Crippen molar-refractivity contribution in [3.8, 4) is 17.0 Å². The van der Waals surface area contributed by atoms with Gasteiger partial charge in [-0.1, -0.05) is 36.4 Å². The van der Waals surface area contributed by atoms with E-state index in [9.17, 15) is 4.79 Å². The van der Waals surface area contributed by atoms with E-state index in [4.69, 9.17) is 4.74 Å². The number of H-pyrrole nitrogens is 2. The van der Waals surface area contributed by atoms with Crippen molar-refractivity contribution in [2.45, 2.75) is 0 Å². The molecule has 0 aliphatic rings. The lowest BCUT2D eigenvalue weighted by Gasteiger charge is -1.99. The first-order chi connectivity index (χ1) is 10.8. The molecule has 2 aromatic carbocycles. The summed E-state index contributed by atoms with van der Waals surface area (Å²) in [6, 6.07) is 16.6. The summed E-state index contributed by atoms with van der Waals surface area (Å²) in [5.74, 6) is 0.683. The first-order valence-electron chi connectivity index (χ1n) is 6.70. The van der Waals surface area contributed by atoms with Crippen LogP contribution in [0.15, 0.2) is 69.6 Å². The van der Waals surface area contributed by atoms with Crippen LogP contribution in [0.2, 0.25) is 0 Å². The van der Waals surface area contributed by atoms with Gasteiger partial charge >= 0.3 is 0 Å². The number of aromatic nitrogens is 2. The zero-order valence-corrected chi connectivity index (χ0v) is 11.9. The van der Waals surface area contributed by atoms with Gasteiger partial charge in [0.2, 0.25) is 0 Å². The molecular formula is C16H14N4O2. The van der Waals surface area contributed by atoms with Crippen LogP contribution < -0.4 is 10.3 Å². The van der Waals surface area contributed by atoms with Gasteiger partial charge in [0.25, 0.3) is 5.56 Å². The van der Waals surface area contributed by atoms with Crippen LogP contribution in [-0.4, -0.2) is 17.3 Å². The summed E-state index contributed by atoms with van der Waals surface area (Å²) >= 11 is 0. The molecule has 6 heteroatoms. The number of aromatic amines is 2. The van der Waals surface area contributed by atoms with Crippen LogP contribution in [0.4, 0.5) is 11.4 Å². The van der Waals surface area contributed by atoms with Crippen LogP contribution in [0.5, 0.6) is 5.75 Å². The summed E-state index contributed by atoms with van der Waals surface area (Å²) in [5.41, 5.74) is 2.01. The molecule has 0 aliphatic heterocycles. The van der Waals surface area contributed by atoms with E-state index in [-0.39, 0.29) is 11.2 Å². The van der Waals surface area contributed by atoms with E-state index in [1.54, 1.807) is 19.2 Å². The Morgan fingerprint density at radius 3 is 2.55 bits per heavy atom. The molecule has 0 saturated carbocycles. The first kappa shape index (κ1) is 13.8. The predicted octanol–water partition coefficient (Wildman–Crippen LogP) is 3.79. The average Bonchev–Trinajstić information content (AvgIpc) is 2.95. The molecule has 0 spiro atoms. The van der Waals surface area contributed by atoms with Crippen LogP contribution in [-0.2, 0) is 0 Å². The Hall–Kier alpha value is -3.15. The van der Waals surface area contributed by atoms with Gasteiger partial charge in [0, 0.05) is 11.6 Å². The fourth-order valence-electron chi connectivity index (χ4n) is 2.04. The van der Waals surface area contributed by atoms with E-state index in [0.717, 1.165) is 5.56 Å². The standard InChI is InChI=1S/C16H14N4O2/c1-22-13-9-5-8-12(10-13)17-19-15-14(18-20-16(15)21)11-6-3-2-4-7-11/h2-10H,1H3,(H2,18,20,21). The Kier molecular flexibility index (Phi) is 3.82. The summed E-state index contributed by atoms with van der Waals surface area (Å²) in [5, 5.41) is 13.6. The fraction of sp³-hybridized carbons (Fsp3) is 0.0625. The Morgan fingerprint density at radius 1 is 0.955 bits per heavy atom. The zero-order valence-electron chi connectivity index (χ0n) is 11.9. The normalized spacial score (nSPS) is 11.0. The second-order valence-corrected chi connectivity index (χ2v) is 4.57. The van der Waals surface area contributed by atoms with E-state index in [1.807, 2.05) is 42.5 Å². The summed E-state index contributed by atoms with van der Waals surface area (Å²) in [6.45, 7) is 0. The van der Waals surface area contributed by atoms with Crippen molar-refractivity contribution in [3.05, 3.63) is 65.0 Å². The van der Waals surface area contributed by atoms with Crippen molar-refractivity contribution in [1.82, 2.24) is 10.2 Å². The van der Waals surface area contributed by atoms with Crippen molar-refractivity contribution < 1.29 is 4.74 Å². The Labute approximate surface area is 126 Å². The molecular weight excluding hydrogens is 280 g/mol. The summed E-state index contributed by atoms with van der Waals surface area (Å²) in [7, 11) is 1.58. The van der Waals surface area contributed by atoms with Gasteiger partial charge in [0.1, 0.15) is 5.75 Å². The Morgan fingerprint density at radius 2 is 1.77 bits per heavy atom. The topological polar surface area (TPSA) is 82.6 Å². The van der Waals surface area contributed by atoms with Gasteiger partial charge in [0.05, 0.1) is 18.5 Å². The van der Waals surface area contributed by atoms with Gasteiger partial charge in [-0.15, -0.1) is 5.11 Å². The third-order valence-corrected chi connectivity index (χ3v) is 3.13. The Balaban J connectivity index is 1.97. The van der Waals surface area contributed by atoms with Crippen molar-refractivity contribution in [3.63, 3.8) is 0 Å². The van der Waals surface area contributed by atoms with Gasteiger partial charge in [-0.25, -0.2) is 0 Å². The van der Waals surface area contributed by atoms with Crippen LogP contribution in [0.3, 0.4) is 0 Å². The van der Waals surface area contributed by atoms with E-state index in [0.29, 0.717) is 17.1 Å². The molecule has 3 aromatic rings. The highest BCUT2D eigenvalue weighted by Crippen LogP contribution is 2.27. The van der Waals surface area contributed by atoms with Crippen LogP contribution in [0, 0.1) is 0 Å². The number of methoxy groups -OCH3 is 1. The van der Waals surface area contributed by atoms with Gasteiger partial charge in [-0.2, -0.15) is 5.11 Å². The van der Waals surface area contributed by atoms with Crippen molar-refractivity contribution in [1.29, 1.82) is 0 Å². The van der Waals surface area contributed by atoms with E-state index >= 15 is 0 Å². The molecule has 3 rings (SSSR count). The smallest absolute Gasteiger partial charge is 0.292 e. The number of benzene rings is 2. The number of nitrogens with zero attached hydrogens (tertiary/aromatic N) is 2. The minimum Gasteiger partial charge on any atom is -0.497 e. The lowest BCUT2D eigenvalue weighted by atomic mass is 10.1. The number of nitrogens with one attached hydrogen (secondary N) is 2. The van der Waals surface area contributed by atoms with Crippen LogP contribution >= 0.6 is 0 Å². The molecule has 0 radical (unpaired) electrons. The third-order valence-electron chi connectivity index (χ3n) is 3.13.